The van der Waals surface area contributed by atoms with Gasteiger partial charge < -0.3 is 5.11 Å². The van der Waals surface area contributed by atoms with Crippen LogP contribution in [0.25, 0.3) is 0 Å². The van der Waals surface area contributed by atoms with Crippen molar-refractivity contribution in [2.45, 2.75) is 37.5 Å². The molecule has 80 valence electrons. The van der Waals surface area contributed by atoms with Crippen molar-refractivity contribution in [3.63, 3.8) is 0 Å². The number of halogens is 1. The molecule has 0 heterocycles. The van der Waals surface area contributed by atoms with Gasteiger partial charge in [-0.05, 0) is 12.3 Å². The second-order valence-electron chi connectivity index (χ2n) is 4.53. The van der Waals surface area contributed by atoms with Crippen LogP contribution < -0.4 is 0 Å². The van der Waals surface area contributed by atoms with Crippen LogP contribution in [0.15, 0.2) is 0 Å². The molecule has 0 spiro atoms. The molecule has 0 aromatic heterocycles. The molecule has 0 amide bonds. The summed E-state index contributed by atoms with van der Waals surface area (Å²) >= 11 is 3.07. The number of sulfone groups is 1. The summed E-state index contributed by atoms with van der Waals surface area (Å²) in [6.07, 6.45) is 0.159. The van der Waals surface area contributed by atoms with Crippen molar-refractivity contribution in [1.29, 1.82) is 0 Å². The van der Waals surface area contributed by atoms with Gasteiger partial charge in [0.2, 0.25) is 0 Å². The van der Waals surface area contributed by atoms with Crippen molar-refractivity contribution in [2.24, 2.45) is 5.41 Å². The Balaban J connectivity index is 5.09. The van der Waals surface area contributed by atoms with Gasteiger partial charge in [0.1, 0.15) is 3.66 Å². The highest BCUT2D eigenvalue weighted by atomic mass is 79.9. The van der Waals surface area contributed by atoms with Gasteiger partial charge in [0.15, 0.2) is 9.84 Å². The minimum absolute atomic E-state index is 0.471. The van der Waals surface area contributed by atoms with E-state index in [9.17, 15) is 13.5 Å². The Morgan fingerprint density at radius 1 is 1.23 bits per heavy atom. The molecular weight excluding hydrogens is 256 g/mol. The molecule has 0 rings (SSSR count). The lowest BCUT2D eigenvalue weighted by atomic mass is 9.87. The lowest BCUT2D eigenvalue weighted by Gasteiger charge is -2.35. The molecule has 3 nitrogen and oxygen atoms in total. The third-order valence-corrected chi connectivity index (χ3v) is 5.90. The molecule has 2 atom stereocenters. The zero-order chi connectivity index (χ0) is 11.1. The second kappa shape index (κ2) is 3.51. The van der Waals surface area contributed by atoms with Crippen molar-refractivity contribution in [2.75, 3.05) is 6.26 Å². The molecule has 0 saturated carbocycles. The first kappa shape index (κ1) is 13.4. The van der Waals surface area contributed by atoms with E-state index in [4.69, 9.17) is 0 Å². The average molecular weight is 273 g/mol. The lowest BCUT2D eigenvalue weighted by Crippen LogP contribution is -2.47. The lowest BCUT2D eigenvalue weighted by molar-refractivity contribution is 0.0562. The topological polar surface area (TPSA) is 54.4 Å². The molecule has 1 N–H and O–H groups in total. The summed E-state index contributed by atoms with van der Waals surface area (Å²) in [7, 11) is -3.32. The molecule has 0 aliphatic rings. The molecule has 0 fully saturated rings. The van der Waals surface area contributed by atoms with Gasteiger partial charge in [-0.2, -0.15) is 0 Å². The molecule has 0 aromatic rings. The van der Waals surface area contributed by atoms with Gasteiger partial charge in [-0.25, -0.2) is 8.42 Å². The molecule has 0 radical (unpaired) electrons. The maximum atomic E-state index is 11.3. The van der Waals surface area contributed by atoms with E-state index in [2.05, 4.69) is 15.9 Å². The summed E-state index contributed by atoms with van der Waals surface area (Å²) in [6.45, 7) is 6.85. The van der Waals surface area contributed by atoms with Crippen LogP contribution in [-0.2, 0) is 9.84 Å². The molecule has 0 bridgehead atoms. The first-order valence-corrected chi connectivity index (χ1v) is 6.65. The molecule has 2 unspecified atom stereocenters. The van der Waals surface area contributed by atoms with Gasteiger partial charge in [0.25, 0.3) is 0 Å². The summed E-state index contributed by atoms with van der Waals surface area (Å²) in [5, 5.41) is 9.82. The smallest absolute Gasteiger partial charge is 0.165 e. The van der Waals surface area contributed by atoms with Crippen LogP contribution in [0.4, 0.5) is 0 Å². The summed E-state index contributed by atoms with van der Waals surface area (Å²) in [5.74, 6) is 0. The number of hydrogen-bond donors (Lipinski definition) is 1. The van der Waals surface area contributed by atoms with Gasteiger partial charge in [-0.3, -0.25) is 0 Å². The normalized spacial score (nSPS) is 20.8. The van der Waals surface area contributed by atoms with Gasteiger partial charge in [-0.1, -0.05) is 36.7 Å². The van der Waals surface area contributed by atoms with Crippen molar-refractivity contribution < 1.29 is 13.5 Å². The number of rotatable bonds is 2. The van der Waals surface area contributed by atoms with E-state index in [1.807, 2.05) is 0 Å². The Labute approximate surface area is 88.6 Å². The number of aliphatic hydroxyl groups is 1. The third-order valence-electron chi connectivity index (χ3n) is 2.03. The average Bonchev–Trinajstić information content (AvgIpc) is 1.81. The molecule has 13 heavy (non-hydrogen) atoms. The van der Waals surface area contributed by atoms with Gasteiger partial charge in [0.05, 0.1) is 6.10 Å². The van der Waals surface area contributed by atoms with Crippen molar-refractivity contribution in [1.82, 2.24) is 0 Å². The Hall–Kier alpha value is 0.390. The largest absolute Gasteiger partial charge is 0.390 e. The molecule has 0 aliphatic carbocycles. The van der Waals surface area contributed by atoms with Gasteiger partial charge in [0, 0.05) is 6.26 Å². The van der Waals surface area contributed by atoms with Crippen molar-refractivity contribution in [3.8, 4) is 0 Å². The SMILES string of the molecule is CC(C)(C)C(O)C(C)(Br)S(C)(=O)=O. The van der Waals surface area contributed by atoms with Crippen LogP contribution in [0.5, 0.6) is 0 Å². The monoisotopic (exact) mass is 272 g/mol. The zero-order valence-corrected chi connectivity index (χ0v) is 11.0. The van der Waals surface area contributed by atoms with Crippen LogP contribution in [0.1, 0.15) is 27.7 Å². The summed E-state index contributed by atoms with van der Waals surface area (Å²) in [5.41, 5.74) is -0.471. The van der Waals surface area contributed by atoms with E-state index in [1.54, 1.807) is 20.8 Å². The predicted molar refractivity (Wildman–Crippen MR) is 57.6 cm³/mol. The van der Waals surface area contributed by atoms with E-state index in [-0.39, 0.29) is 0 Å². The zero-order valence-electron chi connectivity index (χ0n) is 8.63. The summed E-state index contributed by atoms with van der Waals surface area (Å²) in [6, 6.07) is 0. The highest BCUT2D eigenvalue weighted by Crippen LogP contribution is 2.37. The third kappa shape index (κ3) is 2.92. The first-order chi connectivity index (χ1) is 5.40. The van der Waals surface area contributed by atoms with E-state index in [0.29, 0.717) is 0 Å². The number of hydrogen-bond acceptors (Lipinski definition) is 3. The molecule has 0 aliphatic heterocycles. The standard InChI is InChI=1S/C8H17BrO3S/c1-7(2,3)6(10)8(4,9)13(5,11)12/h6,10H,1-5H3. The maximum absolute atomic E-state index is 11.3. The fourth-order valence-electron chi connectivity index (χ4n) is 0.976. The van der Waals surface area contributed by atoms with E-state index in [0.717, 1.165) is 6.26 Å². The Kier molecular flexibility index (Phi) is 3.62. The van der Waals surface area contributed by atoms with Gasteiger partial charge >= 0.3 is 0 Å². The first-order valence-electron chi connectivity index (χ1n) is 3.97. The number of aliphatic hydroxyl groups excluding tert-OH is 1. The van der Waals surface area contributed by atoms with Crippen LogP contribution in [0.2, 0.25) is 0 Å². The van der Waals surface area contributed by atoms with Crippen LogP contribution in [0.3, 0.4) is 0 Å². The quantitative estimate of drug-likeness (QED) is 0.777. The maximum Gasteiger partial charge on any atom is 0.165 e. The van der Waals surface area contributed by atoms with E-state index in [1.165, 1.54) is 6.92 Å². The Morgan fingerprint density at radius 2 is 1.54 bits per heavy atom. The second-order valence-corrected chi connectivity index (χ2v) is 9.09. The van der Waals surface area contributed by atoms with Crippen LogP contribution in [0, 0.1) is 5.41 Å². The van der Waals surface area contributed by atoms with Crippen LogP contribution in [-0.4, -0.2) is 29.5 Å². The molecular formula is C8H17BrO3S. The molecule has 5 heteroatoms. The highest BCUT2D eigenvalue weighted by Gasteiger charge is 2.45. The Morgan fingerprint density at radius 3 is 1.62 bits per heavy atom. The fraction of sp³-hybridized carbons (Fsp3) is 1.00. The minimum Gasteiger partial charge on any atom is -0.390 e. The highest BCUT2D eigenvalue weighted by molar-refractivity contribution is 9.11. The molecule has 0 aromatic carbocycles. The Bertz CT molecular complexity index is 274. The minimum atomic E-state index is -3.32. The fourth-order valence-corrected chi connectivity index (χ4v) is 2.42. The van der Waals surface area contributed by atoms with E-state index < -0.39 is 25.0 Å². The van der Waals surface area contributed by atoms with E-state index >= 15 is 0 Å². The summed E-state index contributed by atoms with van der Waals surface area (Å²) in [4.78, 5) is 0. The van der Waals surface area contributed by atoms with Crippen LogP contribution >= 0.6 is 15.9 Å². The summed E-state index contributed by atoms with van der Waals surface area (Å²) < 4.78 is 21.4. The predicted octanol–water partition coefficient (Wildman–Crippen LogP) is 1.55. The van der Waals surface area contributed by atoms with Crippen molar-refractivity contribution in [3.05, 3.63) is 0 Å². The van der Waals surface area contributed by atoms with Gasteiger partial charge in [-0.15, -0.1) is 0 Å². The molecule has 0 saturated heterocycles. The van der Waals surface area contributed by atoms with Crippen molar-refractivity contribution >= 4 is 25.8 Å². The number of alkyl halides is 1.